The van der Waals surface area contributed by atoms with Crippen molar-refractivity contribution in [1.29, 1.82) is 0 Å². The summed E-state index contributed by atoms with van der Waals surface area (Å²) in [5.41, 5.74) is 8.77. The Hall–Kier alpha value is -6.24. The van der Waals surface area contributed by atoms with E-state index in [0.717, 1.165) is 174 Å². The van der Waals surface area contributed by atoms with Crippen LogP contribution in [0, 0.1) is 5.41 Å². The number of hydrogen-bond acceptors (Lipinski definition) is 13. The molecule has 0 bridgehead atoms. The van der Waals surface area contributed by atoms with Gasteiger partial charge in [0, 0.05) is 157 Å². The summed E-state index contributed by atoms with van der Waals surface area (Å²) in [7, 11) is -1.44. The van der Waals surface area contributed by atoms with Crippen LogP contribution >= 0.6 is 46.4 Å². The molecule has 9 heterocycles. The fraction of sp³-hybridized carbons (Fsp3) is 0.475. The first-order chi connectivity index (χ1) is 40.5. The van der Waals surface area contributed by atoms with Crippen molar-refractivity contribution >= 4 is 129 Å². The van der Waals surface area contributed by atoms with Gasteiger partial charge < -0.3 is 24.9 Å². The van der Waals surface area contributed by atoms with Crippen molar-refractivity contribution < 1.29 is 22.8 Å². The molecule has 6 N–H and O–H groups in total. The van der Waals surface area contributed by atoms with Crippen LogP contribution < -0.4 is 19.8 Å². The molecule has 5 saturated heterocycles. The second-order valence-electron chi connectivity index (χ2n) is 23.8. The van der Waals surface area contributed by atoms with Crippen LogP contribution in [-0.4, -0.2) is 197 Å². The molecule has 1 atom stereocenters. The average molecular weight is 1260 g/mol. The Morgan fingerprint density at radius 2 is 1.05 bits per heavy atom. The van der Waals surface area contributed by atoms with Crippen LogP contribution in [0.1, 0.15) is 76.3 Å². The average Bonchev–Trinajstić information content (AvgIpc) is 3.16. The van der Waals surface area contributed by atoms with E-state index in [1.165, 1.54) is 17.4 Å². The Labute approximate surface area is 514 Å². The summed E-state index contributed by atoms with van der Waals surface area (Å²) in [6.07, 6.45) is 12.6. The molecule has 4 aromatic heterocycles. The lowest BCUT2D eigenvalue weighted by molar-refractivity contribution is -0.142. The number of halogens is 4. The van der Waals surface area contributed by atoms with Gasteiger partial charge in [0.2, 0.25) is 27.7 Å². The first-order valence-electron chi connectivity index (χ1n) is 28.7. The van der Waals surface area contributed by atoms with Crippen LogP contribution in [0.2, 0.25) is 20.1 Å². The number of carbonyl (C=O) groups is 3. The van der Waals surface area contributed by atoms with Crippen molar-refractivity contribution in [1.82, 2.24) is 70.4 Å². The quantitative estimate of drug-likeness (QED) is 0.0752. The maximum atomic E-state index is 11.8. The molecule has 26 heteroatoms. The standard InChI is InChI=1S/C16H20ClN3O.C15H19ClN4O.C14H20ClN5O2S.C14H15ClN4O/c1-10(21)20-5-4-11(8-16(20,2)3)13-6-12(17)7-15-14(13)9-18-19-15;1-17-15(21)9-20-4-2-10(3-5-20)12-6-11(16)7-14-13(12)8-18-19-14;1-23(21,22)17-2-3-19-4-6-20(7-5-19)14-9-11(15)8-13-12(14)10-16-18-13;1-9(20)18-5-14(6-18)7-19(8-14)13-3-10(15)2-12-11(13)4-16-17-12/h6-7,9,11H,4-5,8H2,1-3H3,(H,18,19);6-8,10H,2-5,9H2,1H3,(H,17,21)(H,18,19);8-10,17H,2-7H2,1H3,(H,16,18);2-4H,5-8H2,1H3,(H,16,17). The monoisotopic (exact) mass is 1260 g/mol. The first kappa shape index (κ1) is 61.8. The number of likely N-dealkylation sites (N-methyl/N-ethyl adjacent to an activating group) is 1. The molecule has 3 amide bonds. The van der Waals surface area contributed by atoms with Crippen molar-refractivity contribution in [2.75, 3.05) is 115 Å². The number of piperazine rings is 1. The third-order valence-electron chi connectivity index (χ3n) is 17.2. The molecule has 1 unspecified atom stereocenters. The number of likely N-dealkylation sites (tertiary alicyclic amines) is 3. The number of fused-ring (bicyclic) bond motifs is 4. The molecular formula is C59H74Cl4N16O5S. The smallest absolute Gasteiger partial charge is 0.233 e. The van der Waals surface area contributed by atoms with E-state index in [1.54, 1.807) is 20.9 Å². The van der Waals surface area contributed by atoms with Crippen molar-refractivity contribution in [3.05, 3.63) is 105 Å². The second-order valence-corrected chi connectivity index (χ2v) is 27.4. The van der Waals surface area contributed by atoms with Crippen molar-refractivity contribution in [3.63, 3.8) is 0 Å². The number of carbonyl (C=O) groups excluding carboxylic acids is 3. The molecule has 454 valence electrons. The number of rotatable bonds is 10. The van der Waals surface area contributed by atoms with Crippen LogP contribution in [0.25, 0.3) is 43.6 Å². The Bertz CT molecular complexity index is 3800. The zero-order valence-corrected chi connectivity index (χ0v) is 52.6. The highest BCUT2D eigenvalue weighted by molar-refractivity contribution is 7.88. The summed E-state index contributed by atoms with van der Waals surface area (Å²) in [4.78, 5) is 47.4. The summed E-state index contributed by atoms with van der Waals surface area (Å²) in [5, 5.41) is 38.3. The van der Waals surface area contributed by atoms with E-state index in [4.69, 9.17) is 46.4 Å². The van der Waals surface area contributed by atoms with Gasteiger partial charge >= 0.3 is 0 Å². The molecule has 1 spiro atoms. The highest BCUT2D eigenvalue weighted by Gasteiger charge is 2.53. The van der Waals surface area contributed by atoms with Gasteiger partial charge in [0.15, 0.2) is 0 Å². The maximum Gasteiger partial charge on any atom is 0.233 e. The van der Waals surface area contributed by atoms with Gasteiger partial charge in [-0.3, -0.25) is 44.6 Å². The summed E-state index contributed by atoms with van der Waals surface area (Å²) in [6, 6.07) is 15.7. The molecule has 85 heavy (non-hydrogen) atoms. The van der Waals surface area contributed by atoms with Crippen LogP contribution in [0.5, 0.6) is 0 Å². The van der Waals surface area contributed by atoms with E-state index >= 15 is 0 Å². The number of nitrogens with zero attached hydrogens (tertiary/aromatic N) is 10. The highest BCUT2D eigenvalue weighted by Crippen LogP contribution is 2.45. The van der Waals surface area contributed by atoms with Gasteiger partial charge in [-0.25, -0.2) is 13.1 Å². The molecule has 0 saturated carbocycles. The van der Waals surface area contributed by atoms with E-state index in [0.29, 0.717) is 35.4 Å². The lowest BCUT2D eigenvalue weighted by atomic mass is 9.72. The zero-order chi connectivity index (χ0) is 60.4. The molecule has 13 rings (SSSR count). The number of hydrogen-bond donors (Lipinski definition) is 6. The van der Waals surface area contributed by atoms with Gasteiger partial charge in [0.25, 0.3) is 0 Å². The number of piperidine rings is 2. The van der Waals surface area contributed by atoms with Crippen LogP contribution in [0.4, 0.5) is 11.4 Å². The van der Waals surface area contributed by atoms with E-state index in [1.807, 2.05) is 77.1 Å². The minimum atomic E-state index is -3.11. The SMILES string of the molecule is CC(=O)N1CC2(C1)CN(c1cc(Cl)cc3[nH]ncc13)C2.CC(=O)N1CCC(c2cc(Cl)cc3[nH]ncc23)CC1(C)C.CNC(=O)CN1CCC(c2cc(Cl)cc3[nH]ncc23)CC1.CS(=O)(=O)NCCN1CCN(c2cc(Cl)cc3[nH]ncc23)CC1. The number of amides is 3. The van der Waals surface area contributed by atoms with E-state index in [-0.39, 0.29) is 23.3 Å². The number of aromatic nitrogens is 8. The van der Waals surface area contributed by atoms with Gasteiger partial charge in [0.1, 0.15) is 0 Å². The van der Waals surface area contributed by atoms with E-state index < -0.39 is 10.0 Å². The molecule has 5 aliphatic rings. The minimum Gasteiger partial charge on any atom is -0.369 e. The van der Waals surface area contributed by atoms with Crippen LogP contribution in [0.15, 0.2) is 73.3 Å². The first-order valence-corrected chi connectivity index (χ1v) is 32.1. The van der Waals surface area contributed by atoms with Gasteiger partial charge in [-0.2, -0.15) is 20.4 Å². The van der Waals surface area contributed by atoms with Gasteiger partial charge in [-0.05, 0) is 124 Å². The Morgan fingerprint density at radius 3 is 1.52 bits per heavy atom. The molecule has 0 aliphatic carbocycles. The summed E-state index contributed by atoms with van der Waals surface area (Å²) >= 11 is 24.8. The molecule has 8 aromatic rings. The normalized spacial score (nSPS) is 19.0. The molecule has 0 radical (unpaired) electrons. The van der Waals surface area contributed by atoms with Gasteiger partial charge in [0.05, 0.1) is 59.7 Å². The zero-order valence-electron chi connectivity index (χ0n) is 48.7. The minimum absolute atomic E-state index is 0.0773. The van der Waals surface area contributed by atoms with E-state index in [2.05, 4.69) is 90.3 Å². The van der Waals surface area contributed by atoms with Crippen LogP contribution in [-0.2, 0) is 24.4 Å². The molecule has 4 aromatic carbocycles. The summed E-state index contributed by atoms with van der Waals surface area (Å²) < 4.78 is 24.7. The number of sulfonamides is 1. The Balaban J connectivity index is 0.000000126. The number of H-pyrrole nitrogens is 4. The third kappa shape index (κ3) is 14.6. The fourth-order valence-corrected chi connectivity index (χ4v) is 14.3. The largest absolute Gasteiger partial charge is 0.369 e. The summed E-state index contributed by atoms with van der Waals surface area (Å²) in [5.74, 6) is 1.28. The molecule has 21 nitrogen and oxygen atoms in total. The summed E-state index contributed by atoms with van der Waals surface area (Å²) in [6.45, 7) is 19.1. The predicted molar refractivity (Wildman–Crippen MR) is 339 cm³/mol. The number of aromatic amines is 4. The molecule has 5 aliphatic heterocycles. The second kappa shape index (κ2) is 26.0. The lowest BCUT2D eigenvalue weighted by Gasteiger charge is -2.60. The van der Waals surface area contributed by atoms with Crippen molar-refractivity contribution in [2.24, 2.45) is 5.41 Å². The fourth-order valence-electron chi connectivity index (χ4n) is 12.9. The third-order valence-corrected chi connectivity index (χ3v) is 18.8. The number of nitrogens with one attached hydrogen (secondary N) is 6. The van der Waals surface area contributed by atoms with Gasteiger partial charge in [-0.15, -0.1) is 0 Å². The van der Waals surface area contributed by atoms with Crippen LogP contribution in [0.3, 0.4) is 0 Å². The molecular weight excluding hydrogens is 1190 g/mol. The highest BCUT2D eigenvalue weighted by atomic mass is 35.5. The topological polar surface area (TPSA) is 244 Å². The Morgan fingerprint density at radius 1 is 0.588 bits per heavy atom. The Kier molecular flexibility index (Phi) is 18.9. The van der Waals surface area contributed by atoms with Crippen molar-refractivity contribution in [2.45, 2.75) is 70.8 Å². The maximum absolute atomic E-state index is 11.8. The lowest BCUT2D eigenvalue weighted by Crippen LogP contribution is -2.72. The van der Waals surface area contributed by atoms with E-state index in [9.17, 15) is 22.8 Å². The van der Waals surface area contributed by atoms with Crippen molar-refractivity contribution in [3.8, 4) is 0 Å². The number of anilines is 2. The number of benzene rings is 4. The predicted octanol–water partition coefficient (Wildman–Crippen LogP) is 8.63. The molecule has 5 fully saturated rings. The van der Waals surface area contributed by atoms with Gasteiger partial charge in [-0.1, -0.05) is 46.4 Å².